The Morgan fingerprint density at radius 2 is 2.31 bits per heavy atom. The molecule has 1 aromatic rings. The molecular weight excluding hydrogens is 166 g/mol. The third kappa shape index (κ3) is 2.69. The van der Waals surface area contributed by atoms with E-state index in [2.05, 4.69) is 10.0 Å². The average molecular weight is 177 g/mol. The second-order valence-electron chi connectivity index (χ2n) is 2.83. The number of aromatic hydroxyl groups is 1. The second-order valence-corrected chi connectivity index (χ2v) is 2.83. The first-order valence-corrected chi connectivity index (χ1v) is 4.03. The number of phenols is 1. The molecule has 0 saturated heterocycles. The zero-order valence-electron chi connectivity index (χ0n) is 7.44. The van der Waals surface area contributed by atoms with Gasteiger partial charge in [0, 0.05) is 11.5 Å². The van der Waals surface area contributed by atoms with Crippen LogP contribution >= 0.6 is 0 Å². The molecular formula is C9H11N3O. The third-order valence-electron chi connectivity index (χ3n) is 1.82. The maximum Gasteiger partial charge on any atom is 0.118 e. The van der Waals surface area contributed by atoms with Crippen molar-refractivity contribution < 1.29 is 5.11 Å². The van der Waals surface area contributed by atoms with Crippen molar-refractivity contribution in [3.63, 3.8) is 0 Å². The van der Waals surface area contributed by atoms with Crippen LogP contribution in [0.3, 0.4) is 0 Å². The van der Waals surface area contributed by atoms with Crippen molar-refractivity contribution in [2.24, 2.45) is 5.11 Å². The van der Waals surface area contributed by atoms with E-state index in [1.807, 2.05) is 19.1 Å². The van der Waals surface area contributed by atoms with Gasteiger partial charge in [0.1, 0.15) is 5.75 Å². The molecule has 4 nitrogen and oxygen atoms in total. The SMILES string of the molecule is Cc1cc(CCN=[N+]=[N-])ccc1O. The molecule has 0 bridgehead atoms. The molecule has 0 aliphatic rings. The van der Waals surface area contributed by atoms with Crippen LogP contribution in [0.2, 0.25) is 0 Å². The summed E-state index contributed by atoms with van der Waals surface area (Å²) in [6, 6.07) is 5.37. The van der Waals surface area contributed by atoms with E-state index in [4.69, 9.17) is 5.53 Å². The van der Waals surface area contributed by atoms with Crippen molar-refractivity contribution in [3.05, 3.63) is 39.8 Å². The van der Waals surface area contributed by atoms with Crippen LogP contribution in [-0.4, -0.2) is 11.7 Å². The minimum atomic E-state index is 0.299. The van der Waals surface area contributed by atoms with Gasteiger partial charge in [-0.2, -0.15) is 0 Å². The number of phenolic OH excluding ortho intramolecular Hbond substituents is 1. The summed E-state index contributed by atoms with van der Waals surface area (Å²) < 4.78 is 0. The van der Waals surface area contributed by atoms with Crippen molar-refractivity contribution in [3.8, 4) is 5.75 Å². The van der Waals surface area contributed by atoms with Crippen molar-refractivity contribution >= 4 is 0 Å². The summed E-state index contributed by atoms with van der Waals surface area (Å²) in [6.45, 7) is 2.30. The van der Waals surface area contributed by atoms with E-state index in [-0.39, 0.29) is 0 Å². The predicted molar refractivity (Wildman–Crippen MR) is 50.6 cm³/mol. The normalized spacial score (nSPS) is 9.31. The van der Waals surface area contributed by atoms with Crippen molar-refractivity contribution in [1.29, 1.82) is 0 Å². The molecule has 1 N–H and O–H groups in total. The molecule has 0 fully saturated rings. The zero-order chi connectivity index (χ0) is 9.68. The van der Waals surface area contributed by atoms with E-state index in [1.54, 1.807) is 6.07 Å². The molecule has 13 heavy (non-hydrogen) atoms. The van der Waals surface area contributed by atoms with Gasteiger partial charge in [0.15, 0.2) is 0 Å². The Morgan fingerprint density at radius 1 is 1.54 bits per heavy atom. The lowest BCUT2D eigenvalue weighted by molar-refractivity contribution is 0.471. The van der Waals surface area contributed by atoms with Gasteiger partial charge < -0.3 is 5.11 Å². The molecule has 0 radical (unpaired) electrons. The molecule has 0 aromatic heterocycles. The van der Waals surface area contributed by atoms with Crippen LogP contribution < -0.4 is 0 Å². The van der Waals surface area contributed by atoms with Crippen LogP contribution in [0, 0.1) is 6.92 Å². The van der Waals surface area contributed by atoms with Gasteiger partial charge in [-0.15, -0.1) is 0 Å². The molecule has 4 heteroatoms. The predicted octanol–water partition coefficient (Wildman–Crippen LogP) is 2.55. The molecule has 0 aliphatic carbocycles. The molecule has 0 amide bonds. The summed E-state index contributed by atoms with van der Waals surface area (Å²) >= 11 is 0. The van der Waals surface area contributed by atoms with Gasteiger partial charge in [-0.1, -0.05) is 17.2 Å². The summed E-state index contributed by atoms with van der Waals surface area (Å²) in [5.41, 5.74) is 9.98. The summed E-state index contributed by atoms with van der Waals surface area (Å²) in [5.74, 6) is 0.299. The van der Waals surface area contributed by atoms with Gasteiger partial charge in [0.2, 0.25) is 0 Å². The fraction of sp³-hybridized carbons (Fsp3) is 0.333. The Hall–Kier alpha value is -1.67. The van der Waals surface area contributed by atoms with E-state index in [1.165, 1.54) is 0 Å². The minimum absolute atomic E-state index is 0.299. The van der Waals surface area contributed by atoms with Crippen LogP contribution in [0.25, 0.3) is 10.4 Å². The van der Waals surface area contributed by atoms with Crippen molar-refractivity contribution in [1.82, 2.24) is 0 Å². The summed E-state index contributed by atoms with van der Waals surface area (Å²) in [7, 11) is 0. The lowest BCUT2D eigenvalue weighted by atomic mass is 10.1. The van der Waals surface area contributed by atoms with Crippen LogP contribution in [0.4, 0.5) is 0 Å². The lowest BCUT2D eigenvalue weighted by Crippen LogP contribution is -1.89. The number of rotatable bonds is 3. The molecule has 1 rings (SSSR count). The molecule has 0 spiro atoms. The minimum Gasteiger partial charge on any atom is -0.508 e. The Balaban J connectivity index is 2.68. The molecule has 0 heterocycles. The topological polar surface area (TPSA) is 69.0 Å². The quantitative estimate of drug-likeness (QED) is 0.430. The molecule has 0 unspecified atom stereocenters. The first-order chi connectivity index (χ1) is 6.24. The van der Waals surface area contributed by atoms with Crippen molar-refractivity contribution in [2.45, 2.75) is 13.3 Å². The largest absolute Gasteiger partial charge is 0.508 e. The maximum atomic E-state index is 9.23. The standard InChI is InChI=1S/C9H11N3O/c1-7-6-8(2-3-9(7)13)4-5-11-12-10/h2-3,6,13H,4-5H2,1H3. The van der Waals surface area contributed by atoms with Gasteiger partial charge in [-0.05, 0) is 36.1 Å². The van der Waals surface area contributed by atoms with E-state index in [0.717, 1.165) is 11.1 Å². The highest BCUT2D eigenvalue weighted by Crippen LogP contribution is 2.17. The van der Waals surface area contributed by atoms with Gasteiger partial charge in [-0.25, -0.2) is 0 Å². The lowest BCUT2D eigenvalue weighted by Gasteiger charge is -2.01. The fourth-order valence-electron chi connectivity index (χ4n) is 1.10. The highest BCUT2D eigenvalue weighted by atomic mass is 16.3. The van der Waals surface area contributed by atoms with Gasteiger partial charge in [0.25, 0.3) is 0 Å². The Bertz CT molecular complexity index is 343. The van der Waals surface area contributed by atoms with Crippen LogP contribution in [0.15, 0.2) is 23.3 Å². The Labute approximate surface area is 76.5 Å². The number of aryl methyl sites for hydroxylation is 1. The van der Waals surface area contributed by atoms with E-state index in [0.29, 0.717) is 18.7 Å². The van der Waals surface area contributed by atoms with Crippen molar-refractivity contribution in [2.75, 3.05) is 6.54 Å². The smallest absolute Gasteiger partial charge is 0.118 e. The van der Waals surface area contributed by atoms with Gasteiger partial charge >= 0.3 is 0 Å². The first kappa shape index (κ1) is 9.42. The first-order valence-electron chi connectivity index (χ1n) is 4.03. The van der Waals surface area contributed by atoms with E-state index < -0.39 is 0 Å². The number of benzene rings is 1. The summed E-state index contributed by atoms with van der Waals surface area (Å²) in [6.07, 6.45) is 0.713. The van der Waals surface area contributed by atoms with Gasteiger partial charge in [0.05, 0.1) is 0 Å². The van der Waals surface area contributed by atoms with Crippen LogP contribution in [-0.2, 0) is 6.42 Å². The number of hydrogen-bond donors (Lipinski definition) is 1. The number of azide groups is 1. The highest BCUT2D eigenvalue weighted by Gasteiger charge is 1.96. The number of nitrogens with zero attached hydrogens (tertiary/aromatic N) is 3. The fourth-order valence-corrected chi connectivity index (χ4v) is 1.10. The van der Waals surface area contributed by atoms with E-state index in [9.17, 15) is 5.11 Å². The van der Waals surface area contributed by atoms with E-state index >= 15 is 0 Å². The second kappa shape index (κ2) is 4.38. The highest BCUT2D eigenvalue weighted by molar-refractivity contribution is 5.34. The van der Waals surface area contributed by atoms with Crippen LogP contribution in [0.1, 0.15) is 11.1 Å². The molecule has 0 saturated carbocycles. The molecule has 68 valence electrons. The summed E-state index contributed by atoms with van der Waals surface area (Å²) in [4.78, 5) is 2.67. The summed E-state index contributed by atoms with van der Waals surface area (Å²) in [5, 5.41) is 12.7. The van der Waals surface area contributed by atoms with Gasteiger partial charge in [-0.3, -0.25) is 0 Å². The third-order valence-corrected chi connectivity index (χ3v) is 1.82. The monoisotopic (exact) mass is 177 g/mol. The molecule has 0 atom stereocenters. The Kier molecular flexibility index (Phi) is 3.17. The average Bonchev–Trinajstić information content (AvgIpc) is 2.12. The molecule has 0 aliphatic heterocycles. The Morgan fingerprint density at radius 3 is 2.92 bits per heavy atom. The zero-order valence-corrected chi connectivity index (χ0v) is 7.44. The number of hydrogen-bond acceptors (Lipinski definition) is 2. The van der Waals surface area contributed by atoms with Crippen LogP contribution in [0.5, 0.6) is 5.75 Å². The maximum absolute atomic E-state index is 9.23. The molecule has 1 aromatic carbocycles.